The van der Waals surface area contributed by atoms with E-state index in [4.69, 9.17) is 5.73 Å². The van der Waals surface area contributed by atoms with E-state index in [-0.39, 0.29) is 6.04 Å². The minimum absolute atomic E-state index is 0.0637. The van der Waals surface area contributed by atoms with Gasteiger partial charge in [0.1, 0.15) is 5.82 Å². The zero-order valence-electron chi connectivity index (χ0n) is 12.3. The van der Waals surface area contributed by atoms with Gasteiger partial charge in [-0.2, -0.15) is 0 Å². The summed E-state index contributed by atoms with van der Waals surface area (Å²) in [5, 5.41) is 0. The molecule has 0 radical (unpaired) electrons. The van der Waals surface area contributed by atoms with Crippen LogP contribution in [0.4, 0.5) is 5.82 Å². The first-order chi connectivity index (χ1) is 9.11. The molecular formula is C15H26N4. The third-order valence-corrected chi connectivity index (χ3v) is 4.08. The van der Waals surface area contributed by atoms with E-state index in [0.29, 0.717) is 6.04 Å². The van der Waals surface area contributed by atoms with Gasteiger partial charge in [0.2, 0.25) is 0 Å². The fourth-order valence-corrected chi connectivity index (χ4v) is 2.85. The number of aromatic nitrogens is 1. The van der Waals surface area contributed by atoms with Crippen LogP contribution in [-0.4, -0.2) is 42.6 Å². The Morgan fingerprint density at radius 1 is 1.58 bits per heavy atom. The highest BCUT2D eigenvalue weighted by atomic mass is 15.2. The summed E-state index contributed by atoms with van der Waals surface area (Å²) in [7, 11) is 2.12. The van der Waals surface area contributed by atoms with Gasteiger partial charge in [0.15, 0.2) is 0 Å². The van der Waals surface area contributed by atoms with Gasteiger partial charge in [-0.1, -0.05) is 6.92 Å². The van der Waals surface area contributed by atoms with E-state index in [2.05, 4.69) is 34.8 Å². The van der Waals surface area contributed by atoms with Crippen molar-refractivity contribution in [3.63, 3.8) is 0 Å². The number of rotatable bonds is 5. The third-order valence-electron chi connectivity index (χ3n) is 4.08. The molecule has 1 fully saturated rings. The Morgan fingerprint density at radius 3 is 3.05 bits per heavy atom. The molecule has 0 saturated carbocycles. The average molecular weight is 262 g/mol. The number of nitrogens with two attached hydrogens (primary N) is 1. The van der Waals surface area contributed by atoms with Gasteiger partial charge in [-0.05, 0) is 50.6 Å². The highest BCUT2D eigenvalue weighted by molar-refractivity contribution is 5.41. The molecule has 19 heavy (non-hydrogen) atoms. The summed E-state index contributed by atoms with van der Waals surface area (Å²) in [5.41, 5.74) is 7.08. The maximum atomic E-state index is 5.94. The van der Waals surface area contributed by atoms with Gasteiger partial charge < -0.3 is 10.6 Å². The van der Waals surface area contributed by atoms with Crippen molar-refractivity contribution in [1.29, 1.82) is 0 Å². The quantitative estimate of drug-likeness (QED) is 0.882. The maximum absolute atomic E-state index is 5.94. The molecule has 1 aromatic heterocycles. The first kappa shape index (κ1) is 14.3. The van der Waals surface area contributed by atoms with Crippen molar-refractivity contribution in [1.82, 2.24) is 9.88 Å². The molecule has 0 bridgehead atoms. The topological polar surface area (TPSA) is 45.4 Å². The first-order valence-corrected chi connectivity index (χ1v) is 7.28. The molecule has 1 aromatic rings. The molecule has 1 aliphatic rings. The Kier molecular flexibility index (Phi) is 4.77. The monoisotopic (exact) mass is 262 g/mol. The summed E-state index contributed by atoms with van der Waals surface area (Å²) in [6, 6.07) is 4.83. The summed E-state index contributed by atoms with van der Waals surface area (Å²) >= 11 is 0. The molecule has 4 nitrogen and oxygen atoms in total. The van der Waals surface area contributed by atoms with E-state index in [1.165, 1.54) is 19.4 Å². The van der Waals surface area contributed by atoms with Crippen LogP contribution in [0.5, 0.6) is 0 Å². The van der Waals surface area contributed by atoms with E-state index in [0.717, 1.165) is 24.5 Å². The molecule has 0 aromatic carbocycles. The van der Waals surface area contributed by atoms with E-state index in [1.807, 2.05) is 19.2 Å². The summed E-state index contributed by atoms with van der Waals surface area (Å²) in [6.45, 7) is 7.68. The van der Waals surface area contributed by atoms with Crippen LogP contribution in [0.2, 0.25) is 0 Å². The molecule has 1 saturated heterocycles. The van der Waals surface area contributed by atoms with E-state index < -0.39 is 0 Å². The van der Waals surface area contributed by atoms with Gasteiger partial charge in [0.05, 0.1) is 0 Å². The Labute approximate surface area is 116 Å². The van der Waals surface area contributed by atoms with E-state index >= 15 is 0 Å². The van der Waals surface area contributed by atoms with Crippen molar-refractivity contribution in [3.8, 4) is 0 Å². The number of likely N-dealkylation sites (N-methyl/N-ethyl adjacent to an activating group) is 2. The van der Waals surface area contributed by atoms with Gasteiger partial charge in [0, 0.05) is 31.9 Å². The molecule has 2 heterocycles. The SMILES string of the molecule is CCN1CCCC1CN(C)c1cc([C@H](C)N)ccn1. The van der Waals surface area contributed by atoms with E-state index in [1.54, 1.807) is 0 Å². The first-order valence-electron chi connectivity index (χ1n) is 7.28. The van der Waals surface area contributed by atoms with Gasteiger partial charge >= 0.3 is 0 Å². The lowest BCUT2D eigenvalue weighted by molar-refractivity contribution is 0.270. The Balaban J connectivity index is 2.03. The Hall–Kier alpha value is -1.13. The van der Waals surface area contributed by atoms with Crippen LogP contribution in [0.3, 0.4) is 0 Å². The van der Waals surface area contributed by atoms with Gasteiger partial charge in [0.25, 0.3) is 0 Å². The molecule has 4 heteroatoms. The van der Waals surface area contributed by atoms with Crippen molar-refractivity contribution >= 4 is 5.82 Å². The summed E-state index contributed by atoms with van der Waals surface area (Å²) in [4.78, 5) is 9.28. The molecule has 106 valence electrons. The van der Waals surface area contributed by atoms with Crippen LogP contribution in [-0.2, 0) is 0 Å². The maximum Gasteiger partial charge on any atom is 0.128 e. The van der Waals surface area contributed by atoms with Crippen molar-refractivity contribution < 1.29 is 0 Å². The zero-order chi connectivity index (χ0) is 13.8. The minimum Gasteiger partial charge on any atom is -0.358 e. The number of hydrogen-bond acceptors (Lipinski definition) is 4. The normalized spacial score (nSPS) is 21.6. The van der Waals surface area contributed by atoms with Crippen molar-refractivity contribution in [2.45, 2.75) is 38.8 Å². The van der Waals surface area contributed by atoms with Crippen LogP contribution in [0.15, 0.2) is 18.3 Å². The Bertz CT molecular complexity index is 405. The Morgan fingerprint density at radius 2 is 2.37 bits per heavy atom. The zero-order valence-corrected chi connectivity index (χ0v) is 12.3. The molecule has 2 atom stereocenters. The van der Waals surface area contributed by atoms with Crippen LogP contribution in [0.25, 0.3) is 0 Å². The van der Waals surface area contributed by atoms with Gasteiger partial charge in [-0.25, -0.2) is 4.98 Å². The smallest absolute Gasteiger partial charge is 0.128 e. The number of nitrogens with zero attached hydrogens (tertiary/aromatic N) is 3. The molecular weight excluding hydrogens is 236 g/mol. The number of pyridine rings is 1. The molecule has 2 N–H and O–H groups in total. The largest absolute Gasteiger partial charge is 0.358 e. The number of hydrogen-bond donors (Lipinski definition) is 1. The molecule has 0 amide bonds. The lowest BCUT2D eigenvalue weighted by Crippen LogP contribution is -2.39. The lowest BCUT2D eigenvalue weighted by Gasteiger charge is -2.28. The van der Waals surface area contributed by atoms with Crippen LogP contribution in [0, 0.1) is 0 Å². The number of anilines is 1. The van der Waals surface area contributed by atoms with Crippen molar-refractivity contribution in [3.05, 3.63) is 23.9 Å². The highest BCUT2D eigenvalue weighted by Crippen LogP contribution is 2.21. The standard InChI is InChI=1S/C15H26N4/c1-4-19-9-5-6-14(19)11-18(3)15-10-13(12(2)16)7-8-17-15/h7-8,10,12,14H,4-6,9,11,16H2,1-3H3/t12-,14?/m0/s1. The van der Waals surface area contributed by atoms with Crippen molar-refractivity contribution in [2.24, 2.45) is 5.73 Å². The predicted octanol–water partition coefficient (Wildman–Crippen LogP) is 2.02. The third kappa shape index (κ3) is 3.45. The van der Waals surface area contributed by atoms with Crippen molar-refractivity contribution in [2.75, 3.05) is 31.6 Å². The summed E-state index contributed by atoms with van der Waals surface area (Å²) < 4.78 is 0. The van der Waals surface area contributed by atoms with E-state index in [9.17, 15) is 0 Å². The fourth-order valence-electron chi connectivity index (χ4n) is 2.85. The number of likely N-dealkylation sites (tertiary alicyclic amines) is 1. The average Bonchev–Trinajstić information content (AvgIpc) is 2.86. The lowest BCUT2D eigenvalue weighted by atomic mass is 10.1. The fraction of sp³-hybridized carbons (Fsp3) is 0.667. The molecule has 1 unspecified atom stereocenters. The summed E-state index contributed by atoms with van der Waals surface area (Å²) in [5.74, 6) is 1.03. The molecule has 1 aliphatic heterocycles. The van der Waals surface area contributed by atoms with Crippen LogP contribution < -0.4 is 10.6 Å². The second-order valence-electron chi connectivity index (χ2n) is 5.54. The predicted molar refractivity (Wildman–Crippen MR) is 80.4 cm³/mol. The molecule has 0 spiro atoms. The van der Waals surface area contributed by atoms with Gasteiger partial charge in [-0.3, -0.25) is 4.90 Å². The second kappa shape index (κ2) is 6.35. The second-order valence-corrected chi connectivity index (χ2v) is 5.54. The highest BCUT2D eigenvalue weighted by Gasteiger charge is 2.24. The van der Waals surface area contributed by atoms with Gasteiger partial charge in [-0.15, -0.1) is 0 Å². The molecule has 2 rings (SSSR count). The summed E-state index contributed by atoms with van der Waals surface area (Å²) in [6.07, 6.45) is 4.47. The van der Waals surface area contributed by atoms with Crippen LogP contribution >= 0.6 is 0 Å². The molecule has 0 aliphatic carbocycles. The van der Waals surface area contributed by atoms with Crippen LogP contribution in [0.1, 0.15) is 38.3 Å². The minimum atomic E-state index is 0.0637.